The number of fused-ring (bicyclic) bond motifs is 1. The van der Waals surface area contributed by atoms with Crippen LogP contribution < -0.4 is 4.74 Å². The standard InChI is InChI=1S/C16H12N2O2/c1-20-16-7-6-11(8-12(16)10-19)15-9-17-13-4-2-3-5-14(13)18-15/h2-10H,1H3. The fraction of sp³-hybridized carbons (Fsp3) is 0.0625. The summed E-state index contributed by atoms with van der Waals surface area (Å²) in [6, 6.07) is 13.1. The van der Waals surface area contributed by atoms with Gasteiger partial charge in [-0.05, 0) is 30.3 Å². The Bertz CT molecular complexity index is 784. The van der Waals surface area contributed by atoms with Crippen LogP contribution in [-0.2, 0) is 0 Å². The average molecular weight is 264 g/mol. The van der Waals surface area contributed by atoms with Gasteiger partial charge >= 0.3 is 0 Å². The zero-order chi connectivity index (χ0) is 13.9. The third-order valence-electron chi connectivity index (χ3n) is 3.10. The fourth-order valence-corrected chi connectivity index (χ4v) is 2.08. The summed E-state index contributed by atoms with van der Waals surface area (Å²) in [7, 11) is 1.54. The lowest BCUT2D eigenvalue weighted by atomic mass is 10.1. The van der Waals surface area contributed by atoms with Crippen LogP contribution in [0.5, 0.6) is 5.75 Å². The van der Waals surface area contributed by atoms with Crippen molar-refractivity contribution in [3.05, 3.63) is 54.2 Å². The van der Waals surface area contributed by atoms with Crippen molar-refractivity contribution < 1.29 is 9.53 Å². The number of hydrogen-bond acceptors (Lipinski definition) is 4. The van der Waals surface area contributed by atoms with Crippen molar-refractivity contribution in [2.75, 3.05) is 7.11 Å². The molecule has 0 amide bonds. The molecule has 0 N–H and O–H groups in total. The van der Waals surface area contributed by atoms with Crippen molar-refractivity contribution >= 4 is 17.3 Å². The van der Waals surface area contributed by atoms with E-state index in [9.17, 15) is 4.79 Å². The quantitative estimate of drug-likeness (QED) is 0.682. The molecule has 0 saturated heterocycles. The molecule has 0 spiro atoms. The van der Waals surface area contributed by atoms with Gasteiger partial charge in [0.15, 0.2) is 6.29 Å². The number of carbonyl (C=O) groups is 1. The van der Waals surface area contributed by atoms with Crippen LogP contribution in [-0.4, -0.2) is 23.4 Å². The molecule has 0 aliphatic heterocycles. The number of aldehydes is 1. The molecule has 0 saturated carbocycles. The summed E-state index contributed by atoms with van der Waals surface area (Å²) in [6.45, 7) is 0. The Morgan fingerprint density at radius 3 is 2.65 bits per heavy atom. The highest BCUT2D eigenvalue weighted by Gasteiger charge is 2.07. The maximum absolute atomic E-state index is 11.1. The summed E-state index contributed by atoms with van der Waals surface area (Å²) in [5.74, 6) is 0.553. The second-order valence-corrected chi connectivity index (χ2v) is 4.32. The first-order valence-electron chi connectivity index (χ1n) is 6.17. The number of methoxy groups -OCH3 is 1. The summed E-state index contributed by atoms with van der Waals surface area (Å²) in [5, 5.41) is 0. The van der Waals surface area contributed by atoms with Gasteiger partial charge in [-0.2, -0.15) is 0 Å². The fourth-order valence-electron chi connectivity index (χ4n) is 2.08. The van der Waals surface area contributed by atoms with Crippen molar-refractivity contribution in [1.29, 1.82) is 0 Å². The van der Waals surface area contributed by atoms with Crippen LogP contribution in [0.15, 0.2) is 48.7 Å². The van der Waals surface area contributed by atoms with Crippen molar-refractivity contribution in [3.63, 3.8) is 0 Å². The molecule has 3 rings (SSSR count). The first-order chi connectivity index (χ1) is 9.81. The SMILES string of the molecule is COc1ccc(-c2cnc3ccccc3n2)cc1C=O. The molecule has 4 nitrogen and oxygen atoms in total. The maximum Gasteiger partial charge on any atom is 0.153 e. The molecular formula is C16H12N2O2. The summed E-state index contributed by atoms with van der Waals surface area (Å²) in [5.41, 5.74) is 3.74. The van der Waals surface area contributed by atoms with Gasteiger partial charge in [-0.3, -0.25) is 9.78 Å². The van der Waals surface area contributed by atoms with Crippen LogP contribution in [0.3, 0.4) is 0 Å². The average Bonchev–Trinajstić information content (AvgIpc) is 2.53. The number of ether oxygens (including phenoxy) is 1. The van der Waals surface area contributed by atoms with Crippen LogP contribution >= 0.6 is 0 Å². The monoisotopic (exact) mass is 264 g/mol. The smallest absolute Gasteiger partial charge is 0.153 e. The van der Waals surface area contributed by atoms with Gasteiger partial charge in [0, 0.05) is 5.56 Å². The van der Waals surface area contributed by atoms with E-state index in [1.165, 1.54) is 7.11 Å². The predicted octanol–water partition coefficient (Wildman–Crippen LogP) is 3.12. The Hall–Kier alpha value is -2.75. The summed E-state index contributed by atoms with van der Waals surface area (Å²) in [6.07, 6.45) is 2.48. The molecule has 0 bridgehead atoms. The lowest BCUT2D eigenvalue weighted by molar-refractivity contribution is 0.112. The molecule has 0 unspecified atom stereocenters. The zero-order valence-corrected chi connectivity index (χ0v) is 10.9. The first kappa shape index (κ1) is 12.3. The Kier molecular flexibility index (Phi) is 3.13. The molecule has 2 aromatic carbocycles. The molecule has 1 heterocycles. The van der Waals surface area contributed by atoms with Gasteiger partial charge in [0.2, 0.25) is 0 Å². The second-order valence-electron chi connectivity index (χ2n) is 4.32. The van der Waals surface area contributed by atoms with Crippen molar-refractivity contribution in [2.24, 2.45) is 0 Å². The Labute approximate surface area is 116 Å². The number of aromatic nitrogens is 2. The molecule has 3 aromatic rings. The van der Waals surface area contributed by atoms with Crippen LogP contribution in [0.1, 0.15) is 10.4 Å². The third-order valence-corrected chi connectivity index (χ3v) is 3.10. The van der Waals surface area contributed by atoms with E-state index in [-0.39, 0.29) is 0 Å². The number of para-hydroxylation sites is 2. The van der Waals surface area contributed by atoms with E-state index in [4.69, 9.17) is 4.74 Å². The van der Waals surface area contributed by atoms with Gasteiger partial charge in [-0.1, -0.05) is 12.1 Å². The van der Waals surface area contributed by atoms with Gasteiger partial charge in [0.05, 0.1) is 35.6 Å². The number of rotatable bonds is 3. The normalized spacial score (nSPS) is 10.4. The van der Waals surface area contributed by atoms with Crippen LogP contribution in [0.25, 0.3) is 22.3 Å². The lowest BCUT2D eigenvalue weighted by Crippen LogP contribution is -1.93. The number of benzene rings is 2. The highest BCUT2D eigenvalue weighted by atomic mass is 16.5. The predicted molar refractivity (Wildman–Crippen MR) is 76.9 cm³/mol. The molecule has 1 aromatic heterocycles. The van der Waals surface area contributed by atoms with Gasteiger partial charge in [0.25, 0.3) is 0 Å². The first-order valence-corrected chi connectivity index (χ1v) is 6.17. The van der Waals surface area contributed by atoms with Crippen molar-refractivity contribution in [2.45, 2.75) is 0 Å². The van der Waals surface area contributed by atoms with E-state index in [0.29, 0.717) is 11.3 Å². The largest absolute Gasteiger partial charge is 0.496 e. The Balaban J connectivity index is 2.12. The summed E-state index contributed by atoms with van der Waals surface area (Å²) >= 11 is 0. The third kappa shape index (κ3) is 2.12. The van der Waals surface area contributed by atoms with Crippen LogP contribution in [0, 0.1) is 0 Å². The van der Waals surface area contributed by atoms with E-state index in [0.717, 1.165) is 28.6 Å². The van der Waals surface area contributed by atoms with E-state index in [2.05, 4.69) is 9.97 Å². The van der Waals surface area contributed by atoms with Crippen LogP contribution in [0.2, 0.25) is 0 Å². The van der Waals surface area contributed by atoms with E-state index < -0.39 is 0 Å². The minimum atomic E-state index is 0.500. The molecule has 0 aliphatic carbocycles. The highest BCUT2D eigenvalue weighted by molar-refractivity contribution is 5.83. The van der Waals surface area contributed by atoms with Gasteiger partial charge < -0.3 is 4.74 Å². The molecule has 0 fully saturated rings. The van der Waals surface area contributed by atoms with Gasteiger partial charge in [-0.15, -0.1) is 0 Å². The molecule has 0 atom stereocenters. The van der Waals surface area contributed by atoms with E-state index in [1.807, 2.05) is 30.3 Å². The summed E-state index contributed by atoms with van der Waals surface area (Å²) < 4.78 is 5.13. The summed E-state index contributed by atoms with van der Waals surface area (Å²) in [4.78, 5) is 20.0. The van der Waals surface area contributed by atoms with Crippen molar-refractivity contribution in [1.82, 2.24) is 9.97 Å². The minimum absolute atomic E-state index is 0.500. The van der Waals surface area contributed by atoms with E-state index >= 15 is 0 Å². The molecular weight excluding hydrogens is 252 g/mol. The molecule has 4 heteroatoms. The molecule has 0 radical (unpaired) electrons. The van der Waals surface area contributed by atoms with Crippen LogP contribution in [0.4, 0.5) is 0 Å². The van der Waals surface area contributed by atoms with Crippen molar-refractivity contribution in [3.8, 4) is 17.0 Å². The topological polar surface area (TPSA) is 52.1 Å². The lowest BCUT2D eigenvalue weighted by Gasteiger charge is -2.06. The maximum atomic E-state index is 11.1. The zero-order valence-electron chi connectivity index (χ0n) is 10.9. The Morgan fingerprint density at radius 2 is 1.90 bits per heavy atom. The molecule has 20 heavy (non-hydrogen) atoms. The number of hydrogen-bond donors (Lipinski definition) is 0. The Morgan fingerprint density at radius 1 is 1.10 bits per heavy atom. The van der Waals surface area contributed by atoms with E-state index in [1.54, 1.807) is 18.3 Å². The second kappa shape index (κ2) is 5.09. The molecule has 0 aliphatic rings. The van der Waals surface area contributed by atoms with Gasteiger partial charge in [-0.25, -0.2) is 4.98 Å². The molecule has 98 valence electrons. The minimum Gasteiger partial charge on any atom is -0.496 e. The van der Waals surface area contributed by atoms with Gasteiger partial charge in [0.1, 0.15) is 5.75 Å². The highest BCUT2D eigenvalue weighted by Crippen LogP contribution is 2.25. The number of nitrogens with zero attached hydrogens (tertiary/aromatic N) is 2. The number of carbonyl (C=O) groups excluding carboxylic acids is 1.